The van der Waals surface area contributed by atoms with Crippen molar-refractivity contribution in [3.8, 4) is 11.3 Å². The number of hydrogen-bond donors (Lipinski definition) is 0. The van der Waals surface area contributed by atoms with E-state index in [1.165, 1.54) is 12.1 Å². The molecule has 3 heterocycles. The van der Waals surface area contributed by atoms with E-state index >= 15 is 0 Å². The Morgan fingerprint density at radius 3 is 2.68 bits per heavy atom. The molecule has 130 valence electrons. The van der Waals surface area contributed by atoms with Crippen LogP contribution in [0.4, 0.5) is 4.39 Å². The first kappa shape index (κ1) is 16.2. The molecule has 5 nitrogen and oxygen atoms in total. The lowest BCUT2D eigenvalue weighted by Crippen LogP contribution is -2.37. The Balaban J connectivity index is 1.68. The van der Waals surface area contributed by atoms with Gasteiger partial charge in [0.1, 0.15) is 5.82 Å². The predicted octanol–water partition coefficient (Wildman–Crippen LogP) is 2.72. The highest BCUT2D eigenvalue weighted by molar-refractivity contribution is 5.65. The summed E-state index contributed by atoms with van der Waals surface area (Å²) in [4.78, 5) is 7.19. The molecule has 1 aromatic carbocycles. The summed E-state index contributed by atoms with van der Waals surface area (Å²) in [6, 6.07) is 8.49. The molecule has 1 aliphatic heterocycles. The minimum Gasteiger partial charge on any atom is -0.379 e. The summed E-state index contributed by atoms with van der Waals surface area (Å²) in [6.45, 7) is 6.41. The summed E-state index contributed by atoms with van der Waals surface area (Å²) >= 11 is 0. The SMILES string of the molecule is Cc1cc2nc(-c3ccc(F)cc3)c(CCN3CCOCC3)cn2n1. The molecule has 0 N–H and O–H groups in total. The Morgan fingerprint density at radius 1 is 1.16 bits per heavy atom. The number of ether oxygens (including phenoxy) is 1. The molecule has 0 unspecified atom stereocenters. The Bertz CT molecular complexity index is 869. The molecule has 0 saturated carbocycles. The highest BCUT2D eigenvalue weighted by Crippen LogP contribution is 2.24. The third kappa shape index (κ3) is 3.55. The monoisotopic (exact) mass is 340 g/mol. The van der Waals surface area contributed by atoms with Crippen LogP contribution in [0.5, 0.6) is 0 Å². The van der Waals surface area contributed by atoms with E-state index in [1.54, 1.807) is 12.1 Å². The van der Waals surface area contributed by atoms with Crippen LogP contribution < -0.4 is 0 Å². The van der Waals surface area contributed by atoms with Crippen molar-refractivity contribution in [3.63, 3.8) is 0 Å². The van der Waals surface area contributed by atoms with Gasteiger partial charge >= 0.3 is 0 Å². The van der Waals surface area contributed by atoms with Gasteiger partial charge in [-0.05, 0) is 43.2 Å². The Morgan fingerprint density at radius 2 is 1.92 bits per heavy atom. The van der Waals surface area contributed by atoms with E-state index in [4.69, 9.17) is 9.72 Å². The molecule has 3 aromatic rings. The third-order valence-corrected chi connectivity index (χ3v) is 4.57. The lowest BCUT2D eigenvalue weighted by molar-refractivity contribution is 0.0384. The van der Waals surface area contributed by atoms with Crippen molar-refractivity contribution in [2.45, 2.75) is 13.3 Å². The van der Waals surface area contributed by atoms with Gasteiger partial charge in [-0.3, -0.25) is 4.90 Å². The number of aromatic nitrogens is 3. The quantitative estimate of drug-likeness (QED) is 0.732. The van der Waals surface area contributed by atoms with Gasteiger partial charge in [0.2, 0.25) is 0 Å². The molecule has 0 radical (unpaired) electrons. The Labute approximate surface area is 146 Å². The summed E-state index contributed by atoms with van der Waals surface area (Å²) in [5, 5.41) is 4.48. The van der Waals surface area contributed by atoms with Crippen LogP contribution in [-0.2, 0) is 11.2 Å². The maximum atomic E-state index is 13.3. The van der Waals surface area contributed by atoms with Crippen LogP contribution in [-0.4, -0.2) is 52.3 Å². The fraction of sp³-hybridized carbons (Fsp3) is 0.368. The second kappa shape index (κ2) is 6.90. The van der Waals surface area contributed by atoms with Crippen LogP contribution in [0.15, 0.2) is 36.5 Å². The van der Waals surface area contributed by atoms with E-state index < -0.39 is 0 Å². The topological polar surface area (TPSA) is 42.7 Å². The number of hydrogen-bond acceptors (Lipinski definition) is 4. The summed E-state index contributed by atoms with van der Waals surface area (Å²) in [7, 11) is 0. The fourth-order valence-corrected chi connectivity index (χ4v) is 3.22. The number of halogens is 1. The van der Waals surface area contributed by atoms with E-state index in [0.29, 0.717) is 0 Å². The highest BCUT2D eigenvalue weighted by Gasteiger charge is 2.14. The predicted molar refractivity (Wildman–Crippen MR) is 94.1 cm³/mol. The van der Waals surface area contributed by atoms with Crippen molar-refractivity contribution in [2.24, 2.45) is 0 Å². The number of benzene rings is 1. The van der Waals surface area contributed by atoms with Crippen LogP contribution >= 0.6 is 0 Å². The summed E-state index contributed by atoms with van der Waals surface area (Å²) in [6.07, 6.45) is 2.92. The van der Waals surface area contributed by atoms with Gasteiger partial charge in [0.15, 0.2) is 5.65 Å². The number of nitrogens with zero attached hydrogens (tertiary/aromatic N) is 4. The van der Waals surface area contributed by atoms with Gasteiger partial charge in [-0.25, -0.2) is 13.9 Å². The van der Waals surface area contributed by atoms with Crippen LogP contribution in [0.25, 0.3) is 16.9 Å². The Hall–Kier alpha value is -2.31. The molecular weight excluding hydrogens is 319 g/mol. The number of aryl methyl sites for hydroxylation is 1. The van der Waals surface area contributed by atoms with Gasteiger partial charge in [0.25, 0.3) is 0 Å². The van der Waals surface area contributed by atoms with Gasteiger partial charge in [-0.2, -0.15) is 5.10 Å². The second-order valence-corrected chi connectivity index (χ2v) is 6.41. The smallest absolute Gasteiger partial charge is 0.155 e. The molecule has 1 aliphatic rings. The number of morpholine rings is 1. The second-order valence-electron chi connectivity index (χ2n) is 6.41. The average Bonchev–Trinajstić information content (AvgIpc) is 3.00. The molecule has 1 fully saturated rings. The first-order valence-corrected chi connectivity index (χ1v) is 8.61. The molecule has 1 saturated heterocycles. The van der Waals surface area contributed by atoms with Gasteiger partial charge in [0.05, 0.1) is 24.6 Å². The van der Waals surface area contributed by atoms with Crippen molar-refractivity contribution in [2.75, 3.05) is 32.8 Å². The number of rotatable bonds is 4. The molecule has 0 amide bonds. The molecular formula is C19H21FN4O. The zero-order valence-corrected chi connectivity index (χ0v) is 14.3. The molecule has 4 rings (SSSR count). The minimum atomic E-state index is -0.236. The normalized spacial score (nSPS) is 15.8. The fourth-order valence-electron chi connectivity index (χ4n) is 3.22. The van der Waals surface area contributed by atoms with Crippen LogP contribution in [0.3, 0.4) is 0 Å². The van der Waals surface area contributed by atoms with Crippen molar-refractivity contribution in [1.29, 1.82) is 0 Å². The molecule has 0 spiro atoms. The summed E-state index contributed by atoms with van der Waals surface area (Å²) < 4.78 is 20.5. The maximum Gasteiger partial charge on any atom is 0.155 e. The van der Waals surface area contributed by atoms with Crippen molar-refractivity contribution < 1.29 is 9.13 Å². The third-order valence-electron chi connectivity index (χ3n) is 4.57. The lowest BCUT2D eigenvalue weighted by Gasteiger charge is -2.26. The largest absolute Gasteiger partial charge is 0.379 e. The summed E-state index contributed by atoms with van der Waals surface area (Å²) in [5.41, 5.74) is 4.70. The standard InChI is InChI=1S/C19H21FN4O/c1-14-12-18-21-19(15-2-4-17(20)5-3-15)16(13-24(18)22-14)6-7-23-8-10-25-11-9-23/h2-5,12-13H,6-11H2,1H3. The Kier molecular flexibility index (Phi) is 4.46. The molecule has 25 heavy (non-hydrogen) atoms. The van der Waals surface area contributed by atoms with Crippen LogP contribution in [0, 0.1) is 12.7 Å². The van der Waals surface area contributed by atoms with E-state index in [2.05, 4.69) is 16.2 Å². The molecule has 0 bridgehead atoms. The van der Waals surface area contributed by atoms with E-state index in [9.17, 15) is 4.39 Å². The highest BCUT2D eigenvalue weighted by atomic mass is 19.1. The van der Waals surface area contributed by atoms with Gasteiger partial charge in [-0.15, -0.1) is 0 Å². The molecule has 0 aliphatic carbocycles. The van der Waals surface area contributed by atoms with Crippen molar-refractivity contribution >= 4 is 5.65 Å². The van der Waals surface area contributed by atoms with Gasteiger partial charge < -0.3 is 4.74 Å². The average molecular weight is 340 g/mol. The molecule has 2 aromatic heterocycles. The lowest BCUT2D eigenvalue weighted by atomic mass is 10.0. The minimum absolute atomic E-state index is 0.236. The molecule has 6 heteroatoms. The van der Waals surface area contributed by atoms with Crippen LogP contribution in [0.2, 0.25) is 0 Å². The van der Waals surface area contributed by atoms with E-state index in [0.717, 1.165) is 67.4 Å². The van der Waals surface area contributed by atoms with E-state index in [-0.39, 0.29) is 5.82 Å². The zero-order chi connectivity index (χ0) is 17.2. The zero-order valence-electron chi connectivity index (χ0n) is 14.3. The van der Waals surface area contributed by atoms with Crippen molar-refractivity contribution in [3.05, 3.63) is 53.6 Å². The first-order valence-electron chi connectivity index (χ1n) is 8.61. The van der Waals surface area contributed by atoms with E-state index in [1.807, 2.05) is 17.5 Å². The van der Waals surface area contributed by atoms with Gasteiger partial charge in [-0.1, -0.05) is 0 Å². The summed E-state index contributed by atoms with van der Waals surface area (Å²) in [5.74, 6) is -0.236. The molecule has 0 atom stereocenters. The van der Waals surface area contributed by atoms with Crippen molar-refractivity contribution in [1.82, 2.24) is 19.5 Å². The first-order chi connectivity index (χ1) is 12.2. The van der Waals surface area contributed by atoms with Crippen LogP contribution in [0.1, 0.15) is 11.3 Å². The van der Waals surface area contributed by atoms with Gasteiger partial charge in [0, 0.05) is 37.5 Å². The number of fused-ring (bicyclic) bond motifs is 1. The maximum absolute atomic E-state index is 13.3.